The van der Waals surface area contributed by atoms with Gasteiger partial charge in [0.15, 0.2) is 0 Å². The van der Waals surface area contributed by atoms with Gasteiger partial charge in [-0.05, 0) is 37.3 Å². The molecule has 0 amide bonds. The number of aromatic nitrogens is 1. The number of hydrogen-bond acceptors (Lipinski definition) is 3. The number of fused-ring (bicyclic) bond motifs is 1. The minimum absolute atomic E-state index is 0.540. The van der Waals surface area contributed by atoms with Gasteiger partial charge in [0.05, 0.1) is 12.8 Å². The number of methoxy groups -OCH3 is 1. The smallest absolute Gasteiger partial charge is 0.140 e. The zero-order valence-corrected chi connectivity index (χ0v) is 10.4. The van der Waals surface area contributed by atoms with Crippen molar-refractivity contribution in [1.29, 1.82) is 0 Å². The zero-order chi connectivity index (χ0) is 11.8. The van der Waals surface area contributed by atoms with Crippen LogP contribution in [0.25, 0.3) is 5.57 Å². The summed E-state index contributed by atoms with van der Waals surface area (Å²) in [6.45, 7) is 3.14. The molecule has 17 heavy (non-hydrogen) atoms. The molecule has 1 fully saturated rings. The first-order chi connectivity index (χ1) is 8.29. The van der Waals surface area contributed by atoms with E-state index < -0.39 is 0 Å². The van der Waals surface area contributed by atoms with Crippen molar-refractivity contribution in [2.45, 2.75) is 25.8 Å². The van der Waals surface area contributed by atoms with Crippen LogP contribution in [-0.2, 0) is 0 Å². The van der Waals surface area contributed by atoms with E-state index >= 15 is 0 Å². The second-order valence-corrected chi connectivity index (χ2v) is 4.89. The lowest BCUT2D eigenvalue weighted by Crippen LogP contribution is -2.54. The van der Waals surface area contributed by atoms with Crippen LogP contribution >= 0.6 is 0 Å². The first-order valence-electron chi connectivity index (χ1n) is 6.24. The molecule has 1 N–H and O–H groups in total. The highest BCUT2D eigenvalue weighted by Crippen LogP contribution is 2.36. The number of nitrogens with one attached hydrogen (secondary N) is 1. The van der Waals surface area contributed by atoms with Crippen LogP contribution in [0.1, 0.15) is 24.1 Å². The van der Waals surface area contributed by atoms with Crippen molar-refractivity contribution in [2.24, 2.45) is 5.92 Å². The molecule has 1 aromatic rings. The molecule has 0 unspecified atom stereocenters. The van der Waals surface area contributed by atoms with E-state index in [9.17, 15) is 0 Å². The summed E-state index contributed by atoms with van der Waals surface area (Å²) in [4.78, 5) is 4.42. The Hall–Kier alpha value is -1.35. The average Bonchev–Trinajstić information content (AvgIpc) is 2.31. The molecule has 1 aliphatic heterocycles. The lowest BCUT2D eigenvalue weighted by atomic mass is 9.76. The average molecular weight is 230 g/mol. The third-order valence-electron chi connectivity index (χ3n) is 3.90. The molecule has 0 radical (unpaired) electrons. The maximum Gasteiger partial charge on any atom is 0.140 e. The van der Waals surface area contributed by atoms with Crippen LogP contribution < -0.4 is 10.1 Å². The molecule has 90 valence electrons. The Morgan fingerprint density at radius 1 is 1.47 bits per heavy atom. The van der Waals surface area contributed by atoms with Gasteiger partial charge in [0.2, 0.25) is 0 Å². The molecule has 1 aromatic heterocycles. The molecule has 0 spiro atoms. The quantitative estimate of drug-likeness (QED) is 0.845. The second kappa shape index (κ2) is 4.15. The third kappa shape index (κ3) is 1.75. The van der Waals surface area contributed by atoms with E-state index in [1.165, 1.54) is 30.5 Å². The summed E-state index contributed by atoms with van der Waals surface area (Å²) in [6, 6.07) is 2.65. The van der Waals surface area contributed by atoms with Crippen LogP contribution in [0.4, 0.5) is 0 Å². The minimum atomic E-state index is 0.540. The Kier molecular flexibility index (Phi) is 2.63. The van der Waals surface area contributed by atoms with Gasteiger partial charge in [0.1, 0.15) is 5.75 Å². The van der Waals surface area contributed by atoms with Gasteiger partial charge in [-0.3, -0.25) is 4.98 Å². The van der Waals surface area contributed by atoms with E-state index in [0.717, 1.165) is 17.4 Å². The fourth-order valence-electron chi connectivity index (χ4n) is 2.79. The van der Waals surface area contributed by atoms with Crippen molar-refractivity contribution < 1.29 is 4.74 Å². The summed E-state index contributed by atoms with van der Waals surface area (Å²) < 4.78 is 5.35. The van der Waals surface area contributed by atoms with Gasteiger partial charge in [-0.2, -0.15) is 0 Å². The number of hydrogen-bond donors (Lipinski definition) is 1. The van der Waals surface area contributed by atoms with Crippen molar-refractivity contribution in [1.82, 2.24) is 10.3 Å². The van der Waals surface area contributed by atoms with Gasteiger partial charge in [-0.1, -0.05) is 6.08 Å². The van der Waals surface area contributed by atoms with Gasteiger partial charge in [-0.25, -0.2) is 0 Å². The Balaban J connectivity index is 1.95. The molecule has 3 rings (SSSR count). The maximum absolute atomic E-state index is 5.35. The Morgan fingerprint density at radius 2 is 2.35 bits per heavy atom. The fraction of sp³-hybridized carbons (Fsp3) is 0.500. The van der Waals surface area contributed by atoms with Gasteiger partial charge < -0.3 is 10.1 Å². The number of rotatable bonds is 2. The normalized spacial score (nSPS) is 26.8. The number of aryl methyl sites for hydroxylation is 1. The van der Waals surface area contributed by atoms with Gasteiger partial charge in [0.25, 0.3) is 0 Å². The van der Waals surface area contributed by atoms with Crippen LogP contribution in [0, 0.1) is 12.8 Å². The summed E-state index contributed by atoms with van der Waals surface area (Å²) in [5, 5.41) is 3.51. The highest BCUT2D eigenvalue weighted by atomic mass is 16.5. The number of nitrogens with zero attached hydrogens (tertiary/aromatic N) is 1. The van der Waals surface area contributed by atoms with E-state index in [-0.39, 0.29) is 0 Å². The summed E-state index contributed by atoms with van der Waals surface area (Å²) in [7, 11) is 1.70. The molecule has 2 atom stereocenters. The van der Waals surface area contributed by atoms with Crippen LogP contribution in [0.5, 0.6) is 5.75 Å². The van der Waals surface area contributed by atoms with Crippen LogP contribution in [-0.4, -0.2) is 24.7 Å². The highest BCUT2D eigenvalue weighted by Gasteiger charge is 2.35. The van der Waals surface area contributed by atoms with E-state index in [1.54, 1.807) is 7.11 Å². The van der Waals surface area contributed by atoms with Crippen molar-refractivity contribution >= 4 is 5.57 Å². The lowest BCUT2D eigenvalue weighted by Gasteiger charge is -2.42. The molecule has 3 nitrogen and oxygen atoms in total. The number of allylic oxidation sites excluding steroid dienone is 1. The predicted octanol–water partition coefficient (Wildman–Crippen LogP) is 2.16. The Labute approximate surface area is 102 Å². The maximum atomic E-state index is 5.35. The molecule has 1 saturated heterocycles. The predicted molar refractivity (Wildman–Crippen MR) is 68.0 cm³/mol. The molecule has 2 heterocycles. The number of pyridine rings is 1. The second-order valence-electron chi connectivity index (χ2n) is 4.89. The molecule has 1 aliphatic carbocycles. The lowest BCUT2D eigenvalue weighted by molar-refractivity contribution is 0.262. The largest absolute Gasteiger partial charge is 0.495 e. The first-order valence-corrected chi connectivity index (χ1v) is 6.24. The molecule has 3 heteroatoms. The zero-order valence-electron chi connectivity index (χ0n) is 10.4. The summed E-state index contributed by atoms with van der Waals surface area (Å²) >= 11 is 0. The van der Waals surface area contributed by atoms with Crippen molar-refractivity contribution in [2.75, 3.05) is 13.7 Å². The van der Waals surface area contributed by atoms with E-state index in [1.807, 2.05) is 13.1 Å². The van der Waals surface area contributed by atoms with Crippen LogP contribution in [0.3, 0.4) is 0 Å². The van der Waals surface area contributed by atoms with Gasteiger partial charge >= 0.3 is 0 Å². The van der Waals surface area contributed by atoms with Crippen LogP contribution in [0.2, 0.25) is 0 Å². The molecule has 0 bridgehead atoms. The first kappa shape index (κ1) is 10.8. The molecule has 2 aliphatic rings. The number of ether oxygens (including phenoxy) is 1. The summed E-state index contributed by atoms with van der Waals surface area (Å²) in [6.07, 6.45) is 6.82. The topological polar surface area (TPSA) is 34.1 Å². The Bertz CT molecular complexity index is 467. The highest BCUT2D eigenvalue weighted by molar-refractivity contribution is 5.72. The Morgan fingerprint density at radius 3 is 3.06 bits per heavy atom. The van der Waals surface area contributed by atoms with E-state index in [2.05, 4.69) is 22.4 Å². The molecule has 0 aromatic carbocycles. The third-order valence-corrected chi connectivity index (χ3v) is 3.90. The fourth-order valence-corrected chi connectivity index (χ4v) is 2.79. The van der Waals surface area contributed by atoms with Crippen molar-refractivity contribution in [3.8, 4) is 5.75 Å². The monoisotopic (exact) mass is 230 g/mol. The minimum Gasteiger partial charge on any atom is -0.495 e. The van der Waals surface area contributed by atoms with Crippen molar-refractivity contribution in [3.05, 3.63) is 29.6 Å². The van der Waals surface area contributed by atoms with Crippen molar-refractivity contribution in [3.63, 3.8) is 0 Å². The molecular formula is C14H18N2O. The molecular weight excluding hydrogens is 212 g/mol. The molecule has 0 saturated carbocycles. The summed E-state index contributed by atoms with van der Waals surface area (Å²) in [5.41, 5.74) is 3.55. The van der Waals surface area contributed by atoms with Gasteiger partial charge in [-0.15, -0.1) is 0 Å². The van der Waals surface area contributed by atoms with Crippen LogP contribution in [0.15, 0.2) is 18.3 Å². The van der Waals surface area contributed by atoms with E-state index in [4.69, 9.17) is 4.74 Å². The SMILES string of the molecule is COc1cc(C2=CCC[C@H]3CN[C@@H]23)cnc1C. The van der Waals surface area contributed by atoms with Gasteiger partial charge in [0, 0.05) is 24.3 Å². The standard InChI is InChI=1S/C14H18N2O/c1-9-13(17-2)6-11(8-15-9)12-5-3-4-10-7-16-14(10)12/h5-6,8,10,14,16H,3-4,7H2,1-2H3/t10-,14+/m0/s1. The van der Waals surface area contributed by atoms with E-state index in [0.29, 0.717) is 6.04 Å². The summed E-state index contributed by atoms with van der Waals surface area (Å²) in [5.74, 6) is 1.70.